The van der Waals surface area contributed by atoms with Gasteiger partial charge in [-0.2, -0.15) is 4.52 Å². The van der Waals surface area contributed by atoms with Crippen molar-refractivity contribution in [3.8, 4) is 0 Å². The maximum Gasteiger partial charge on any atom is 0.251 e. The minimum Gasteiger partial charge on any atom is -0.383 e. The molecule has 9 nitrogen and oxygen atoms in total. The van der Waals surface area contributed by atoms with Crippen molar-refractivity contribution >= 4 is 34.1 Å². The molecule has 2 aromatic heterocycles. The van der Waals surface area contributed by atoms with Gasteiger partial charge in [0.2, 0.25) is 5.65 Å². The molecule has 2 N–H and O–H groups in total. The number of tetrazole rings is 1. The summed E-state index contributed by atoms with van der Waals surface area (Å²) in [6, 6.07) is 14.7. The van der Waals surface area contributed by atoms with Crippen LogP contribution in [0.1, 0.15) is 24.2 Å². The number of fused-ring (bicyclic) bond motifs is 3. The van der Waals surface area contributed by atoms with Gasteiger partial charge >= 0.3 is 0 Å². The molecule has 0 fully saturated rings. The van der Waals surface area contributed by atoms with Gasteiger partial charge in [0.05, 0.1) is 17.6 Å². The van der Waals surface area contributed by atoms with Crippen LogP contribution in [0.2, 0.25) is 0 Å². The lowest BCUT2D eigenvalue weighted by atomic mass is 10.2. The lowest BCUT2D eigenvalue weighted by Gasteiger charge is -2.09. The summed E-state index contributed by atoms with van der Waals surface area (Å²) in [5.74, 6) is 0.391. The highest BCUT2D eigenvalue weighted by Crippen LogP contribution is 2.22. The monoisotopic (exact) mass is 393 g/mol. The molecule has 0 radical (unpaired) electrons. The van der Waals surface area contributed by atoms with Gasteiger partial charge in [0.25, 0.3) is 5.91 Å². The molecule has 0 aliphatic heterocycles. The van der Waals surface area contributed by atoms with E-state index in [1.807, 2.05) is 50.2 Å². The number of methoxy groups -OCH3 is 1. The van der Waals surface area contributed by atoms with Crippen molar-refractivity contribution in [1.82, 2.24) is 30.3 Å². The Morgan fingerprint density at radius 3 is 2.62 bits per heavy atom. The molecule has 4 aromatic rings. The molecule has 9 heteroatoms. The number of benzene rings is 2. The van der Waals surface area contributed by atoms with Gasteiger partial charge in [-0.15, -0.1) is 5.10 Å². The van der Waals surface area contributed by atoms with E-state index in [-0.39, 0.29) is 5.91 Å². The number of carbonyl (C=O) groups is 1. The highest BCUT2D eigenvalue weighted by Gasteiger charge is 2.12. The topological polar surface area (TPSA) is 106 Å². The first kappa shape index (κ1) is 20.2. The number of ether oxygens (including phenoxy) is 1. The van der Waals surface area contributed by atoms with Crippen LogP contribution >= 0.6 is 0 Å². The second-order valence-corrected chi connectivity index (χ2v) is 5.81. The van der Waals surface area contributed by atoms with Gasteiger partial charge in [-0.25, -0.2) is 4.98 Å². The quantitative estimate of drug-likeness (QED) is 0.485. The Labute approximate surface area is 168 Å². The van der Waals surface area contributed by atoms with Crippen molar-refractivity contribution in [2.45, 2.75) is 13.8 Å². The summed E-state index contributed by atoms with van der Waals surface area (Å²) in [7, 11) is 1.59. The first-order valence-electron chi connectivity index (χ1n) is 9.37. The number of nitrogens with zero attached hydrogens (tertiary/aromatic N) is 5. The van der Waals surface area contributed by atoms with E-state index in [9.17, 15) is 4.79 Å². The van der Waals surface area contributed by atoms with Crippen molar-refractivity contribution in [3.05, 3.63) is 54.1 Å². The molecule has 0 atom stereocenters. The molecule has 0 unspecified atom stereocenters. The maximum atomic E-state index is 12.0. The highest BCUT2D eigenvalue weighted by atomic mass is 16.5. The van der Waals surface area contributed by atoms with E-state index in [1.165, 1.54) is 0 Å². The average Bonchev–Trinajstić information content (AvgIpc) is 3.27. The minimum absolute atomic E-state index is 0.147. The predicted molar refractivity (Wildman–Crippen MR) is 111 cm³/mol. The molecule has 4 rings (SSSR count). The molecular weight excluding hydrogens is 370 g/mol. The number of carbonyl (C=O) groups excluding carboxylic acids is 1. The molecule has 0 saturated heterocycles. The number of anilines is 2. The number of para-hydroxylation sites is 2. The van der Waals surface area contributed by atoms with Gasteiger partial charge < -0.3 is 15.4 Å². The summed E-state index contributed by atoms with van der Waals surface area (Å²) in [5, 5.41) is 17.8. The third kappa shape index (κ3) is 4.46. The number of rotatable bonds is 6. The van der Waals surface area contributed by atoms with Gasteiger partial charge in [-0.1, -0.05) is 26.0 Å². The normalized spacial score (nSPS) is 10.4. The molecule has 1 amide bonds. The average molecular weight is 393 g/mol. The zero-order chi connectivity index (χ0) is 20.6. The Kier molecular flexibility index (Phi) is 6.64. The summed E-state index contributed by atoms with van der Waals surface area (Å²) in [6.45, 7) is 4.94. The minimum atomic E-state index is -0.147. The van der Waals surface area contributed by atoms with E-state index in [2.05, 4.69) is 31.1 Å². The number of amides is 1. The van der Waals surface area contributed by atoms with Crippen molar-refractivity contribution in [3.63, 3.8) is 0 Å². The zero-order valence-electron chi connectivity index (χ0n) is 16.6. The lowest BCUT2D eigenvalue weighted by molar-refractivity contribution is 0.0937. The fourth-order valence-corrected chi connectivity index (χ4v) is 2.70. The second kappa shape index (κ2) is 9.56. The summed E-state index contributed by atoms with van der Waals surface area (Å²) >= 11 is 0. The Bertz CT molecular complexity index is 1090. The number of hydrogen-bond acceptors (Lipinski definition) is 7. The van der Waals surface area contributed by atoms with E-state index in [1.54, 1.807) is 23.8 Å². The fourth-order valence-electron chi connectivity index (χ4n) is 2.70. The van der Waals surface area contributed by atoms with Crippen LogP contribution in [0, 0.1) is 0 Å². The van der Waals surface area contributed by atoms with Crippen LogP contribution in [-0.2, 0) is 4.74 Å². The molecule has 0 bridgehead atoms. The number of aromatic nitrogens is 5. The Morgan fingerprint density at radius 2 is 1.86 bits per heavy atom. The standard InChI is InChI=1S/C18H17N7O2.C2H6/c1-27-11-10-19-18(26)12-6-8-13(9-7-12)20-16-17-22-23-24-25(17)15-5-3-2-4-14(15)21-16;1-2/h2-9H,10-11H2,1H3,(H,19,26)(H,20,21);1-2H3. The molecule has 29 heavy (non-hydrogen) atoms. The highest BCUT2D eigenvalue weighted by molar-refractivity contribution is 5.94. The van der Waals surface area contributed by atoms with E-state index in [0.29, 0.717) is 30.2 Å². The lowest BCUT2D eigenvalue weighted by Crippen LogP contribution is -2.26. The number of hydrogen-bond donors (Lipinski definition) is 2. The van der Waals surface area contributed by atoms with E-state index < -0.39 is 0 Å². The molecule has 2 aromatic carbocycles. The number of nitrogens with one attached hydrogen (secondary N) is 2. The summed E-state index contributed by atoms with van der Waals surface area (Å²) in [5.41, 5.74) is 3.46. The van der Waals surface area contributed by atoms with Crippen LogP contribution < -0.4 is 10.6 Å². The third-order valence-electron chi connectivity index (χ3n) is 4.03. The molecule has 0 saturated carbocycles. The fraction of sp³-hybridized carbons (Fsp3) is 0.250. The summed E-state index contributed by atoms with van der Waals surface area (Å²) in [6.07, 6.45) is 0. The molecule has 0 aliphatic rings. The first-order chi connectivity index (χ1) is 14.3. The van der Waals surface area contributed by atoms with Gasteiger partial charge in [0.15, 0.2) is 5.82 Å². The van der Waals surface area contributed by atoms with Gasteiger partial charge in [0.1, 0.15) is 0 Å². The van der Waals surface area contributed by atoms with Crippen LogP contribution in [0.3, 0.4) is 0 Å². The van der Waals surface area contributed by atoms with Crippen LogP contribution in [0.5, 0.6) is 0 Å². The summed E-state index contributed by atoms with van der Waals surface area (Å²) < 4.78 is 6.56. The Hall–Kier alpha value is -3.59. The predicted octanol–water partition coefficient (Wildman–Crippen LogP) is 2.82. The molecule has 2 heterocycles. The van der Waals surface area contributed by atoms with Crippen molar-refractivity contribution in [2.24, 2.45) is 0 Å². The zero-order valence-corrected chi connectivity index (χ0v) is 16.6. The SMILES string of the molecule is CC.COCCNC(=O)c1ccc(Nc2nc3ccccc3n3nnnc23)cc1. The largest absolute Gasteiger partial charge is 0.383 e. The Balaban J connectivity index is 0.00000117. The third-order valence-corrected chi connectivity index (χ3v) is 4.03. The van der Waals surface area contributed by atoms with Crippen LogP contribution in [0.4, 0.5) is 11.5 Å². The van der Waals surface area contributed by atoms with Crippen molar-refractivity contribution < 1.29 is 9.53 Å². The smallest absolute Gasteiger partial charge is 0.251 e. The molecule has 0 aliphatic carbocycles. The molecule has 0 spiro atoms. The van der Waals surface area contributed by atoms with Gasteiger partial charge in [-0.3, -0.25) is 4.79 Å². The van der Waals surface area contributed by atoms with E-state index in [4.69, 9.17) is 4.74 Å². The van der Waals surface area contributed by atoms with E-state index >= 15 is 0 Å². The van der Waals surface area contributed by atoms with Crippen LogP contribution in [0.25, 0.3) is 16.7 Å². The summed E-state index contributed by atoms with van der Waals surface area (Å²) in [4.78, 5) is 16.7. The Morgan fingerprint density at radius 1 is 1.10 bits per heavy atom. The van der Waals surface area contributed by atoms with Crippen molar-refractivity contribution in [2.75, 3.05) is 25.6 Å². The van der Waals surface area contributed by atoms with Gasteiger partial charge in [0, 0.05) is 24.9 Å². The van der Waals surface area contributed by atoms with Gasteiger partial charge in [-0.05, 0) is 46.8 Å². The van der Waals surface area contributed by atoms with Crippen molar-refractivity contribution in [1.29, 1.82) is 0 Å². The van der Waals surface area contributed by atoms with Crippen LogP contribution in [-0.4, -0.2) is 51.2 Å². The molecule has 150 valence electrons. The first-order valence-corrected chi connectivity index (χ1v) is 9.37. The second-order valence-electron chi connectivity index (χ2n) is 5.81. The van der Waals surface area contributed by atoms with Crippen LogP contribution in [0.15, 0.2) is 48.5 Å². The van der Waals surface area contributed by atoms with E-state index in [0.717, 1.165) is 16.7 Å². The molecular formula is C20H23N7O2. The maximum absolute atomic E-state index is 12.0.